The van der Waals surface area contributed by atoms with Crippen molar-refractivity contribution in [3.63, 3.8) is 0 Å². The van der Waals surface area contributed by atoms with Gasteiger partial charge in [0.25, 0.3) is 0 Å². The van der Waals surface area contributed by atoms with Crippen molar-refractivity contribution in [3.8, 4) is 11.5 Å². The third-order valence-electron chi connectivity index (χ3n) is 4.52. The van der Waals surface area contributed by atoms with Crippen molar-refractivity contribution >= 4 is 31.2 Å². The Hall–Kier alpha value is -3.88. The lowest BCUT2D eigenvalue weighted by Crippen LogP contribution is -2.18. The van der Waals surface area contributed by atoms with E-state index in [4.69, 9.17) is 0 Å². The molecule has 0 aliphatic carbocycles. The number of benzene rings is 3. The summed E-state index contributed by atoms with van der Waals surface area (Å²) < 4.78 is 0. The van der Waals surface area contributed by atoms with E-state index in [2.05, 4.69) is 31.1 Å². The lowest BCUT2D eigenvalue weighted by molar-refractivity contribution is 0.0812. The molecule has 0 aromatic heterocycles. The van der Waals surface area contributed by atoms with E-state index in [1.165, 1.54) is 18.2 Å². The summed E-state index contributed by atoms with van der Waals surface area (Å²) in [6.07, 6.45) is 0. The molecule has 0 saturated heterocycles. The fourth-order valence-electron chi connectivity index (χ4n) is 2.93. The Kier molecular flexibility index (Phi) is 6.77. The summed E-state index contributed by atoms with van der Waals surface area (Å²) in [7, 11) is -1.74. The first-order valence-electron chi connectivity index (χ1n) is 10.1. The lowest BCUT2D eigenvalue weighted by atomic mass is 9.94. The highest BCUT2D eigenvalue weighted by molar-refractivity contribution is 6.83. The first-order valence-corrected chi connectivity index (χ1v) is 13.6. The van der Waals surface area contributed by atoms with Crippen LogP contribution in [0.4, 0.5) is 0 Å². The van der Waals surface area contributed by atoms with Gasteiger partial charge in [0.1, 0.15) is 8.07 Å². The van der Waals surface area contributed by atoms with Gasteiger partial charge in [-0.25, -0.2) is 0 Å². The summed E-state index contributed by atoms with van der Waals surface area (Å²) >= 11 is 0. The molecule has 0 aliphatic rings. The molecule has 0 fully saturated rings. The Bertz CT molecular complexity index is 1180. The maximum atomic E-state index is 12.9. The Morgan fingerprint density at radius 1 is 0.562 bits per heavy atom. The average molecular weight is 439 g/mol. The molecule has 0 heterocycles. The largest absolute Gasteiger partial charge is 0.285 e. The maximum Gasteiger partial charge on any atom is 0.233 e. The number of ketones is 4. The van der Waals surface area contributed by atoms with E-state index in [9.17, 15) is 19.2 Å². The van der Waals surface area contributed by atoms with Gasteiger partial charge in [0, 0.05) is 27.8 Å². The zero-order chi connectivity index (χ0) is 23.3. The van der Waals surface area contributed by atoms with Crippen molar-refractivity contribution in [2.45, 2.75) is 19.6 Å². The third kappa shape index (κ3) is 5.63. The van der Waals surface area contributed by atoms with Crippen molar-refractivity contribution in [2.24, 2.45) is 0 Å². The Morgan fingerprint density at radius 3 is 1.31 bits per heavy atom. The minimum absolute atomic E-state index is 0.0328. The SMILES string of the molecule is C[Si](C)(C)C#Cc1cc(C(=O)C(=O)c2ccccc2)cc(C(=O)C(=O)c2ccccc2)c1. The quantitative estimate of drug-likeness (QED) is 0.234. The molecule has 3 aromatic carbocycles. The van der Waals surface area contributed by atoms with Gasteiger partial charge >= 0.3 is 0 Å². The van der Waals surface area contributed by atoms with Crippen LogP contribution in [0.1, 0.15) is 47.0 Å². The standard InChI is InChI=1S/C27H22O4Si/c1-32(2,3)15-14-19-16-22(26(30)24(28)20-10-6-4-7-11-20)18-23(17-19)27(31)25(29)21-12-8-5-9-13-21/h4-13,16-18H,1-3H3. The zero-order valence-corrected chi connectivity index (χ0v) is 19.1. The monoisotopic (exact) mass is 438 g/mol. The zero-order valence-electron chi connectivity index (χ0n) is 18.1. The lowest BCUT2D eigenvalue weighted by Gasteiger charge is -2.07. The van der Waals surface area contributed by atoms with Crippen LogP contribution in [-0.4, -0.2) is 31.2 Å². The molecular formula is C27H22O4Si. The van der Waals surface area contributed by atoms with E-state index < -0.39 is 31.2 Å². The molecule has 0 radical (unpaired) electrons. The first kappa shape index (κ1) is 22.8. The summed E-state index contributed by atoms with van der Waals surface area (Å²) in [5, 5.41) is 0. The van der Waals surface area contributed by atoms with Gasteiger partial charge < -0.3 is 0 Å². The molecule has 0 spiro atoms. The molecule has 3 aromatic rings. The summed E-state index contributed by atoms with van der Waals surface area (Å²) in [5.41, 5.74) is 4.18. The fourth-order valence-corrected chi connectivity index (χ4v) is 3.44. The van der Waals surface area contributed by atoms with Crippen molar-refractivity contribution in [1.29, 1.82) is 0 Å². The van der Waals surface area contributed by atoms with Crippen LogP contribution in [0, 0.1) is 11.5 Å². The summed E-state index contributed by atoms with van der Waals surface area (Å²) in [6.45, 7) is 6.21. The van der Waals surface area contributed by atoms with E-state index in [0.717, 1.165) is 0 Å². The van der Waals surface area contributed by atoms with Crippen LogP contribution in [0.2, 0.25) is 19.6 Å². The van der Waals surface area contributed by atoms with E-state index >= 15 is 0 Å². The number of carbonyl (C=O) groups is 4. The van der Waals surface area contributed by atoms with Gasteiger partial charge in [-0.3, -0.25) is 19.2 Å². The second-order valence-electron chi connectivity index (χ2n) is 8.35. The number of Topliss-reactive ketones (excluding diaryl/α,β-unsaturated/α-hetero) is 4. The van der Waals surface area contributed by atoms with Crippen LogP contribution < -0.4 is 0 Å². The molecule has 0 bridgehead atoms. The van der Waals surface area contributed by atoms with Gasteiger partial charge in [0.05, 0.1) is 0 Å². The highest BCUT2D eigenvalue weighted by atomic mass is 28.3. The number of carbonyl (C=O) groups excluding carboxylic acids is 4. The van der Waals surface area contributed by atoms with Gasteiger partial charge in [-0.1, -0.05) is 86.2 Å². The smallest absolute Gasteiger partial charge is 0.233 e. The van der Waals surface area contributed by atoms with E-state index in [-0.39, 0.29) is 22.3 Å². The maximum absolute atomic E-state index is 12.9. The van der Waals surface area contributed by atoms with Gasteiger partial charge in [-0.05, 0) is 18.2 Å². The topological polar surface area (TPSA) is 68.3 Å². The Labute approximate surface area is 188 Å². The number of hydrogen-bond donors (Lipinski definition) is 0. The summed E-state index contributed by atoms with van der Waals surface area (Å²) in [6, 6.07) is 20.7. The van der Waals surface area contributed by atoms with Crippen LogP contribution in [0.15, 0.2) is 78.9 Å². The Balaban J connectivity index is 2.06. The van der Waals surface area contributed by atoms with Crippen LogP contribution in [0.5, 0.6) is 0 Å². The molecule has 0 amide bonds. The molecule has 0 N–H and O–H groups in total. The molecule has 32 heavy (non-hydrogen) atoms. The third-order valence-corrected chi connectivity index (χ3v) is 5.40. The van der Waals surface area contributed by atoms with Gasteiger partial charge in [0.2, 0.25) is 23.1 Å². The van der Waals surface area contributed by atoms with Gasteiger partial charge in [0.15, 0.2) is 0 Å². The van der Waals surface area contributed by atoms with Crippen LogP contribution >= 0.6 is 0 Å². The predicted octanol–water partition coefficient (Wildman–Crippen LogP) is 5.05. The molecule has 4 nitrogen and oxygen atoms in total. The average Bonchev–Trinajstić information content (AvgIpc) is 2.81. The first-order chi connectivity index (χ1) is 15.2. The van der Waals surface area contributed by atoms with Crippen LogP contribution in [-0.2, 0) is 0 Å². The fraction of sp³-hybridized carbons (Fsp3) is 0.111. The summed E-state index contributed by atoms with van der Waals surface area (Å²) in [5.74, 6) is 0.133. The minimum Gasteiger partial charge on any atom is -0.285 e. The normalized spacial score (nSPS) is 10.6. The highest BCUT2D eigenvalue weighted by Crippen LogP contribution is 2.16. The minimum atomic E-state index is -1.74. The van der Waals surface area contributed by atoms with E-state index in [1.807, 2.05) is 0 Å². The van der Waals surface area contributed by atoms with E-state index in [0.29, 0.717) is 5.56 Å². The second-order valence-corrected chi connectivity index (χ2v) is 13.1. The molecule has 0 unspecified atom stereocenters. The van der Waals surface area contributed by atoms with Gasteiger partial charge in [-0.2, -0.15) is 0 Å². The molecule has 0 saturated carbocycles. The van der Waals surface area contributed by atoms with E-state index in [1.54, 1.807) is 60.7 Å². The number of rotatable bonds is 6. The Morgan fingerprint density at radius 2 is 0.938 bits per heavy atom. The molecule has 0 atom stereocenters. The van der Waals surface area contributed by atoms with Crippen LogP contribution in [0.3, 0.4) is 0 Å². The van der Waals surface area contributed by atoms with Crippen molar-refractivity contribution in [3.05, 3.63) is 107 Å². The van der Waals surface area contributed by atoms with Crippen molar-refractivity contribution in [1.82, 2.24) is 0 Å². The molecular weight excluding hydrogens is 416 g/mol. The van der Waals surface area contributed by atoms with Gasteiger partial charge in [-0.15, -0.1) is 5.54 Å². The molecule has 3 rings (SSSR count). The summed E-state index contributed by atoms with van der Waals surface area (Å²) in [4.78, 5) is 51.2. The molecule has 0 aliphatic heterocycles. The van der Waals surface area contributed by atoms with Crippen molar-refractivity contribution < 1.29 is 19.2 Å². The molecule has 158 valence electrons. The highest BCUT2D eigenvalue weighted by Gasteiger charge is 2.23. The van der Waals surface area contributed by atoms with Crippen LogP contribution in [0.25, 0.3) is 0 Å². The second kappa shape index (κ2) is 9.50. The molecule has 5 heteroatoms. The van der Waals surface area contributed by atoms with Crippen molar-refractivity contribution in [2.75, 3.05) is 0 Å². The number of hydrogen-bond acceptors (Lipinski definition) is 4. The predicted molar refractivity (Wildman–Crippen MR) is 127 cm³/mol.